The van der Waals surface area contributed by atoms with Gasteiger partial charge < -0.3 is 4.74 Å². The summed E-state index contributed by atoms with van der Waals surface area (Å²) >= 11 is 0. The fourth-order valence-corrected chi connectivity index (χ4v) is 1.47. The Morgan fingerprint density at radius 1 is 1.44 bits per heavy atom. The van der Waals surface area contributed by atoms with Crippen LogP contribution in [0.5, 0.6) is 5.75 Å². The second kappa shape index (κ2) is 5.97. The van der Waals surface area contributed by atoms with Crippen LogP contribution in [0.15, 0.2) is 18.2 Å². The van der Waals surface area contributed by atoms with Crippen molar-refractivity contribution in [1.82, 2.24) is 0 Å². The molecule has 0 N–H and O–H groups in total. The summed E-state index contributed by atoms with van der Waals surface area (Å²) in [6.07, 6.45) is 0.851. The highest BCUT2D eigenvalue weighted by Gasteiger charge is 2.07. The number of aryl methyl sites for hydroxylation is 1. The number of carbonyl (C=O) groups excluding carboxylic acids is 1. The highest BCUT2D eigenvalue weighted by molar-refractivity contribution is 5.96. The van der Waals surface area contributed by atoms with Crippen molar-refractivity contribution in [1.29, 1.82) is 0 Å². The van der Waals surface area contributed by atoms with Gasteiger partial charge in [-0.3, -0.25) is 4.79 Å². The second-order valence-electron chi connectivity index (χ2n) is 3.44. The van der Waals surface area contributed by atoms with Crippen molar-refractivity contribution < 1.29 is 9.53 Å². The van der Waals surface area contributed by atoms with E-state index in [1.54, 1.807) is 19.9 Å². The number of hydrogen-bond acceptors (Lipinski definition) is 2. The van der Waals surface area contributed by atoms with E-state index in [-0.39, 0.29) is 5.78 Å². The molecule has 0 atom stereocenters. The first-order valence-electron chi connectivity index (χ1n) is 5.35. The standard InChI is InChI=1S/C14H16O2/c1-4-6-9-16-13-8-7-12(5-2)14(10-13)11(3)15/h7-8,10H,5,9H2,1-3H3. The van der Waals surface area contributed by atoms with Crippen LogP contribution in [0.25, 0.3) is 0 Å². The predicted octanol–water partition coefficient (Wildman–Crippen LogP) is 2.85. The lowest BCUT2D eigenvalue weighted by Crippen LogP contribution is -2.01. The molecule has 0 aliphatic heterocycles. The Balaban J connectivity index is 2.91. The first-order chi connectivity index (χ1) is 7.69. The number of rotatable bonds is 4. The van der Waals surface area contributed by atoms with Gasteiger partial charge in [0.2, 0.25) is 0 Å². The Bertz CT molecular complexity index is 436. The maximum Gasteiger partial charge on any atom is 0.160 e. The summed E-state index contributed by atoms with van der Waals surface area (Å²) in [5.74, 6) is 6.35. The number of benzene rings is 1. The summed E-state index contributed by atoms with van der Waals surface area (Å²) < 4.78 is 5.41. The normalized spacial score (nSPS) is 9.19. The molecule has 0 spiro atoms. The first-order valence-corrected chi connectivity index (χ1v) is 5.35. The molecule has 16 heavy (non-hydrogen) atoms. The van der Waals surface area contributed by atoms with E-state index in [0.717, 1.165) is 17.5 Å². The fourth-order valence-electron chi connectivity index (χ4n) is 1.47. The van der Waals surface area contributed by atoms with Crippen LogP contribution in [0.2, 0.25) is 0 Å². The lowest BCUT2D eigenvalue weighted by atomic mass is 10.0. The number of hydrogen-bond donors (Lipinski definition) is 0. The van der Waals surface area contributed by atoms with Gasteiger partial charge in [0.1, 0.15) is 12.4 Å². The second-order valence-corrected chi connectivity index (χ2v) is 3.44. The summed E-state index contributed by atoms with van der Waals surface area (Å²) in [5.41, 5.74) is 1.80. The molecule has 0 amide bonds. The van der Waals surface area contributed by atoms with E-state index in [1.165, 1.54) is 0 Å². The summed E-state index contributed by atoms with van der Waals surface area (Å²) in [7, 11) is 0. The van der Waals surface area contributed by atoms with Gasteiger partial charge in [-0.2, -0.15) is 0 Å². The summed E-state index contributed by atoms with van der Waals surface area (Å²) in [4.78, 5) is 11.4. The molecule has 1 aromatic rings. The minimum absolute atomic E-state index is 0.0730. The van der Waals surface area contributed by atoms with Gasteiger partial charge in [-0.1, -0.05) is 18.9 Å². The summed E-state index contributed by atoms with van der Waals surface area (Å²) in [6.45, 7) is 5.73. The van der Waals surface area contributed by atoms with Gasteiger partial charge in [0, 0.05) is 5.56 Å². The van der Waals surface area contributed by atoms with Gasteiger partial charge >= 0.3 is 0 Å². The van der Waals surface area contributed by atoms with Gasteiger partial charge in [0.05, 0.1) is 0 Å². The molecule has 1 aromatic carbocycles. The molecule has 0 saturated carbocycles. The third-order valence-corrected chi connectivity index (χ3v) is 2.33. The zero-order chi connectivity index (χ0) is 12.0. The first kappa shape index (κ1) is 12.3. The number of ether oxygens (including phenoxy) is 1. The molecule has 2 heteroatoms. The topological polar surface area (TPSA) is 26.3 Å². The molecule has 0 radical (unpaired) electrons. The summed E-state index contributed by atoms with van der Waals surface area (Å²) in [5, 5.41) is 0. The molecular weight excluding hydrogens is 200 g/mol. The number of Topliss-reactive ketones (excluding diaryl/α,β-unsaturated/α-hetero) is 1. The van der Waals surface area contributed by atoms with E-state index in [1.807, 2.05) is 19.1 Å². The van der Waals surface area contributed by atoms with E-state index in [9.17, 15) is 4.79 Å². The SMILES string of the molecule is CC#CCOc1ccc(CC)c(C(C)=O)c1. The molecule has 2 nitrogen and oxygen atoms in total. The van der Waals surface area contributed by atoms with Gasteiger partial charge in [-0.15, -0.1) is 5.92 Å². The predicted molar refractivity (Wildman–Crippen MR) is 64.8 cm³/mol. The van der Waals surface area contributed by atoms with Crippen molar-refractivity contribution in [3.8, 4) is 17.6 Å². The maximum absolute atomic E-state index is 11.4. The molecule has 84 valence electrons. The van der Waals surface area contributed by atoms with Gasteiger partial charge in [-0.05, 0) is 38.0 Å². The average molecular weight is 216 g/mol. The van der Waals surface area contributed by atoms with E-state index in [4.69, 9.17) is 4.74 Å². The Morgan fingerprint density at radius 3 is 2.75 bits per heavy atom. The molecular formula is C14H16O2. The Labute approximate surface area is 96.6 Å². The van der Waals surface area contributed by atoms with Crippen molar-refractivity contribution in [2.24, 2.45) is 0 Å². The zero-order valence-electron chi connectivity index (χ0n) is 9.96. The van der Waals surface area contributed by atoms with Gasteiger partial charge in [-0.25, -0.2) is 0 Å². The minimum atomic E-state index is 0.0730. The summed E-state index contributed by atoms with van der Waals surface area (Å²) in [6, 6.07) is 5.60. The quantitative estimate of drug-likeness (QED) is 0.571. The minimum Gasteiger partial charge on any atom is -0.481 e. The van der Waals surface area contributed by atoms with Crippen molar-refractivity contribution in [3.05, 3.63) is 29.3 Å². The molecule has 0 bridgehead atoms. The third-order valence-electron chi connectivity index (χ3n) is 2.33. The van der Waals surface area contributed by atoms with E-state index in [2.05, 4.69) is 11.8 Å². The van der Waals surface area contributed by atoms with Crippen molar-refractivity contribution in [2.75, 3.05) is 6.61 Å². The Hall–Kier alpha value is -1.75. The molecule has 1 rings (SSSR count). The molecule has 0 aliphatic rings. The molecule has 0 aliphatic carbocycles. The number of ketones is 1. The Morgan fingerprint density at radius 2 is 2.19 bits per heavy atom. The lowest BCUT2D eigenvalue weighted by molar-refractivity contribution is 0.101. The molecule has 0 fully saturated rings. The van der Waals surface area contributed by atoms with Crippen LogP contribution in [0, 0.1) is 11.8 Å². The molecule has 0 aromatic heterocycles. The third kappa shape index (κ3) is 3.13. The van der Waals surface area contributed by atoms with Crippen molar-refractivity contribution >= 4 is 5.78 Å². The van der Waals surface area contributed by atoms with Gasteiger partial charge in [0.15, 0.2) is 5.78 Å². The van der Waals surface area contributed by atoms with Crippen LogP contribution in [-0.2, 0) is 6.42 Å². The van der Waals surface area contributed by atoms with Crippen LogP contribution < -0.4 is 4.74 Å². The van der Waals surface area contributed by atoms with Crippen LogP contribution in [0.4, 0.5) is 0 Å². The fraction of sp³-hybridized carbons (Fsp3) is 0.357. The highest BCUT2D eigenvalue weighted by atomic mass is 16.5. The monoisotopic (exact) mass is 216 g/mol. The van der Waals surface area contributed by atoms with Crippen molar-refractivity contribution in [2.45, 2.75) is 27.2 Å². The highest BCUT2D eigenvalue weighted by Crippen LogP contribution is 2.19. The molecule has 0 unspecified atom stereocenters. The number of carbonyl (C=O) groups is 1. The van der Waals surface area contributed by atoms with Gasteiger partial charge in [0.25, 0.3) is 0 Å². The van der Waals surface area contributed by atoms with E-state index < -0.39 is 0 Å². The smallest absolute Gasteiger partial charge is 0.160 e. The van der Waals surface area contributed by atoms with E-state index in [0.29, 0.717) is 12.4 Å². The van der Waals surface area contributed by atoms with Crippen LogP contribution >= 0.6 is 0 Å². The van der Waals surface area contributed by atoms with Crippen molar-refractivity contribution in [3.63, 3.8) is 0 Å². The molecule has 0 saturated heterocycles. The Kier molecular flexibility index (Phi) is 4.60. The van der Waals surface area contributed by atoms with Crippen LogP contribution in [0.1, 0.15) is 36.7 Å². The van der Waals surface area contributed by atoms with Crippen LogP contribution in [0.3, 0.4) is 0 Å². The average Bonchev–Trinajstić information content (AvgIpc) is 2.29. The van der Waals surface area contributed by atoms with E-state index >= 15 is 0 Å². The molecule has 0 heterocycles. The lowest BCUT2D eigenvalue weighted by Gasteiger charge is -2.08. The maximum atomic E-state index is 11.4. The zero-order valence-corrected chi connectivity index (χ0v) is 9.96. The van der Waals surface area contributed by atoms with Crippen LogP contribution in [-0.4, -0.2) is 12.4 Å². The largest absolute Gasteiger partial charge is 0.481 e.